The van der Waals surface area contributed by atoms with Gasteiger partial charge in [-0.2, -0.15) is 0 Å². The highest BCUT2D eigenvalue weighted by Crippen LogP contribution is 2.87. The molecule has 0 aromatic rings. The van der Waals surface area contributed by atoms with E-state index in [1.54, 1.807) is 0 Å². The van der Waals surface area contributed by atoms with Gasteiger partial charge >= 0.3 is 0 Å². The summed E-state index contributed by atoms with van der Waals surface area (Å²) in [5.74, 6) is 1.07. The lowest BCUT2D eigenvalue weighted by Crippen LogP contribution is -2.59. The van der Waals surface area contributed by atoms with Crippen LogP contribution >= 0.6 is 0 Å². The number of aliphatic hydroxyl groups excluding tert-OH is 3. The summed E-state index contributed by atoms with van der Waals surface area (Å²) in [6.07, 6.45) is 7.40. The highest BCUT2D eigenvalue weighted by Gasteiger charge is 2.82. The molecule has 2 spiro atoms. The molecule has 1 heterocycles. The zero-order valence-corrected chi connectivity index (χ0v) is 22.2. The van der Waals surface area contributed by atoms with Crippen LogP contribution in [-0.4, -0.2) is 56.0 Å². The van der Waals surface area contributed by atoms with E-state index in [1.807, 2.05) is 13.8 Å². The van der Waals surface area contributed by atoms with Crippen molar-refractivity contribution in [1.29, 1.82) is 0 Å². The molecule has 194 valence electrons. The molecule has 5 heteroatoms. The van der Waals surface area contributed by atoms with Crippen molar-refractivity contribution in [2.45, 2.75) is 135 Å². The van der Waals surface area contributed by atoms with Gasteiger partial charge < -0.3 is 25.2 Å². The molecule has 0 amide bonds. The van der Waals surface area contributed by atoms with E-state index < -0.39 is 17.3 Å². The van der Waals surface area contributed by atoms with E-state index in [-0.39, 0.29) is 51.8 Å². The first kappa shape index (κ1) is 24.2. The lowest BCUT2D eigenvalue weighted by molar-refractivity contribution is -0.193. The molecule has 6 rings (SSSR count). The maximum atomic E-state index is 11.6. The van der Waals surface area contributed by atoms with Gasteiger partial charge in [0.25, 0.3) is 0 Å². The van der Waals surface area contributed by atoms with Crippen molar-refractivity contribution in [2.24, 2.45) is 45.3 Å². The van der Waals surface area contributed by atoms with Crippen molar-refractivity contribution in [1.82, 2.24) is 0 Å². The third-order valence-corrected chi connectivity index (χ3v) is 13.0. The van der Waals surface area contributed by atoms with Gasteiger partial charge in [0.05, 0.1) is 35.6 Å². The largest absolute Gasteiger partial charge is 0.393 e. The Morgan fingerprint density at radius 3 is 2.06 bits per heavy atom. The van der Waals surface area contributed by atoms with Crippen LogP contribution in [0, 0.1) is 45.3 Å². The molecule has 0 bridgehead atoms. The lowest BCUT2D eigenvalue weighted by Gasteiger charge is -2.61. The minimum absolute atomic E-state index is 0.0153. The van der Waals surface area contributed by atoms with E-state index in [1.165, 1.54) is 12.8 Å². The fraction of sp³-hybridized carbons (Fsp3) is 1.00. The predicted molar refractivity (Wildman–Crippen MR) is 130 cm³/mol. The standard InChI is InChI=1S/C29H48O5/c1-24(2)20(32)7-10-29-15-28(29)12-11-26(5)16(17(28)14-18(30)22(24)29)13-19(31)23(26)27(6)9-8-21(34-27)25(3,4)33/h16-23,30-33H,7-15H2,1-6H3/t16-,17-,18-,19?,20?,21?,22?,23?,26-,27+,28?,29?/m0/s1. The van der Waals surface area contributed by atoms with Gasteiger partial charge in [-0.05, 0) is 118 Å². The number of aliphatic hydroxyl groups is 4. The van der Waals surface area contributed by atoms with Gasteiger partial charge in [0.15, 0.2) is 0 Å². The zero-order chi connectivity index (χ0) is 24.7. The van der Waals surface area contributed by atoms with Crippen LogP contribution in [0.2, 0.25) is 0 Å². The van der Waals surface area contributed by atoms with Gasteiger partial charge in [0.2, 0.25) is 0 Å². The van der Waals surface area contributed by atoms with E-state index in [9.17, 15) is 20.4 Å². The summed E-state index contributed by atoms with van der Waals surface area (Å²) in [7, 11) is 0. The van der Waals surface area contributed by atoms with Crippen molar-refractivity contribution in [3.05, 3.63) is 0 Å². The van der Waals surface area contributed by atoms with Crippen molar-refractivity contribution < 1.29 is 25.2 Å². The highest BCUT2D eigenvalue weighted by atomic mass is 16.5. The Hall–Kier alpha value is -0.200. The van der Waals surface area contributed by atoms with E-state index >= 15 is 0 Å². The smallest absolute Gasteiger partial charge is 0.0865 e. The number of hydrogen-bond donors (Lipinski definition) is 4. The van der Waals surface area contributed by atoms with Crippen molar-refractivity contribution in [3.8, 4) is 0 Å². The van der Waals surface area contributed by atoms with E-state index in [0.29, 0.717) is 11.8 Å². The topological polar surface area (TPSA) is 90.2 Å². The zero-order valence-electron chi connectivity index (χ0n) is 22.2. The molecular formula is C29H48O5. The van der Waals surface area contributed by atoms with Gasteiger partial charge in [-0.15, -0.1) is 0 Å². The maximum Gasteiger partial charge on any atom is 0.0865 e. The molecule has 0 aromatic heterocycles. The monoisotopic (exact) mass is 476 g/mol. The van der Waals surface area contributed by atoms with Crippen LogP contribution in [0.25, 0.3) is 0 Å². The third-order valence-electron chi connectivity index (χ3n) is 13.0. The maximum absolute atomic E-state index is 11.6. The van der Waals surface area contributed by atoms with Crippen LogP contribution < -0.4 is 0 Å². The lowest BCUT2D eigenvalue weighted by atomic mass is 9.45. The second kappa shape index (κ2) is 6.81. The minimum atomic E-state index is -0.876. The van der Waals surface area contributed by atoms with Crippen molar-refractivity contribution in [2.75, 3.05) is 0 Å². The molecule has 6 fully saturated rings. The first-order chi connectivity index (χ1) is 15.6. The molecular weight excluding hydrogens is 428 g/mol. The van der Waals surface area contributed by atoms with Crippen LogP contribution in [0.4, 0.5) is 0 Å². The Labute approximate surface area is 205 Å². The van der Waals surface area contributed by atoms with Crippen LogP contribution in [0.5, 0.6) is 0 Å². The molecule has 12 atom stereocenters. The fourth-order valence-corrected chi connectivity index (χ4v) is 11.7. The molecule has 6 aliphatic rings. The Morgan fingerprint density at radius 2 is 1.41 bits per heavy atom. The Balaban J connectivity index is 1.32. The Kier molecular flexibility index (Phi) is 4.84. The summed E-state index contributed by atoms with van der Waals surface area (Å²) in [6.45, 7) is 12.6. The third kappa shape index (κ3) is 2.75. The van der Waals surface area contributed by atoms with E-state index in [0.717, 1.165) is 44.9 Å². The summed E-state index contributed by atoms with van der Waals surface area (Å²) in [6, 6.07) is 0. The predicted octanol–water partition coefficient (Wildman–Crippen LogP) is 4.05. The molecule has 4 N–H and O–H groups in total. The quantitative estimate of drug-likeness (QED) is 0.483. The molecule has 1 aliphatic heterocycles. The number of rotatable bonds is 2. The second-order valence-electron chi connectivity index (χ2n) is 15.3. The van der Waals surface area contributed by atoms with Gasteiger partial charge in [0, 0.05) is 5.92 Å². The van der Waals surface area contributed by atoms with Crippen LogP contribution in [0.3, 0.4) is 0 Å². The Bertz CT molecular complexity index is 865. The molecule has 5 saturated carbocycles. The molecule has 0 aromatic carbocycles. The van der Waals surface area contributed by atoms with E-state index in [4.69, 9.17) is 4.74 Å². The summed E-state index contributed by atoms with van der Waals surface area (Å²) in [5, 5.41) is 44.6. The SMILES string of the molecule is CC(C)(O)C1CC[C@](C)(C2C(O)C[C@H]3[C@@H]4C[C@H](O)C5C(C)(C)C(O)CCC56CC46CC[C@]23C)O1. The summed E-state index contributed by atoms with van der Waals surface area (Å²) < 4.78 is 6.61. The van der Waals surface area contributed by atoms with Crippen molar-refractivity contribution in [3.63, 3.8) is 0 Å². The summed E-state index contributed by atoms with van der Waals surface area (Å²) in [4.78, 5) is 0. The minimum Gasteiger partial charge on any atom is -0.393 e. The highest BCUT2D eigenvalue weighted by molar-refractivity contribution is 5.31. The second-order valence-corrected chi connectivity index (χ2v) is 15.3. The number of ether oxygens (including phenoxy) is 1. The fourth-order valence-electron chi connectivity index (χ4n) is 11.7. The number of hydrogen-bond acceptors (Lipinski definition) is 5. The normalized spacial score (nSPS) is 60.2. The summed E-state index contributed by atoms with van der Waals surface area (Å²) in [5.41, 5.74) is -1.12. The molecule has 5 nitrogen and oxygen atoms in total. The average molecular weight is 477 g/mol. The van der Waals surface area contributed by atoms with Gasteiger partial charge in [-0.25, -0.2) is 0 Å². The van der Waals surface area contributed by atoms with Crippen LogP contribution in [0.1, 0.15) is 99.3 Å². The van der Waals surface area contributed by atoms with Gasteiger partial charge in [-0.1, -0.05) is 20.8 Å². The number of fused-ring (bicyclic) bond motifs is 2. The molecule has 1 saturated heterocycles. The Morgan fingerprint density at radius 1 is 0.765 bits per heavy atom. The van der Waals surface area contributed by atoms with Crippen LogP contribution in [0.15, 0.2) is 0 Å². The molecule has 7 unspecified atom stereocenters. The van der Waals surface area contributed by atoms with E-state index in [2.05, 4.69) is 27.7 Å². The molecule has 0 radical (unpaired) electrons. The molecule has 5 aliphatic carbocycles. The van der Waals surface area contributed by atoms with Gasteiger partial charge in [0.1, 0.15) is 0 Å². The summed E-state index contributed by atoms with van der Waals surface area (Å²) >= 11 is 0. The van der Waals surface area contributed by atoms with Crippen LogP contribution in [-0.2, 0) is 4.74 Å². The average Bonchev–Trinajstić information content (AvgIpc) is 3.01. The first-order valence-corrected chi connectivity index (χ1v) is 14.1. The van der Waals surface area contributed by atoms with Crippen molar-refractivity contribution >= 4 is 0 Å². The van der Waals surface area contributed by atoms with Gasteiger partial charge in [-0.3, -0.25) is 0 Å². The first-order valence-electron chi connectivity index (χ1n) is 14.1. The molecule has 34 heavy (non-hydrogen) atoms.